The summed E-state index contributed by atoms with van der Waals surface area (Å²) in [7, 11) is 0. The first-order chi connectivity index (χ1) is 8.16. The van der Waals surface area contributed by atoms with Crippen LogP contribution in [-0.4, -0.2) is 9.97 Å². The highest BCUT2D eigenvalue weighted by molar-refractivity contribution is 7.80. The lowest BCUT2D eigenvalue weighted by Gasteiger charge is -2.13. The van der Waals surface area contributed by atoms with Gasteiger partial charge in [-0.2, -0.15) is 11.3 Å². The van der Waals surface area contributed by atoms with E-state index in [4.69, 9.17) is 18.0 Å². The second-order valence-electron chi connectivity index (χ2n) is 3.72. The van der Waals surface area contributed by atoms with E-state index in [2.05, 4.69) is 34.1 Å². The highest BCUT2D eigenvalue weighted by Gasteiger charge is 2.06. The normalized spacial score (nSPS) is 12.1. The third-order valence-electron chi connectivity index (χ3n) is 2.46. The Morgan fingerprint density at radius 2 is 2.29 bits per heavy atom. The Balaban J connectivity index is 2.06. The van der Waals surface area contributed by atoms with Crippen LogP contribution >= 0.6 is 23.6 Å². The van der Waals surface area contributed by atoms with E-state index in [-0.39, 0.29) is 6.04 Å². The van der Waals surface area contributed by atoms with Gasteiger partial charge in [-0.15, -0.1) is 0 Å². The molecule has 0 aliphatic carbocycles. The van der Waals surface area contributed by atoms with Crippen LogP contribution in [0, 0.1) is 0 Å². The van der Waals surface area contributed by atoms with E-state index in [1.165, 1.54) is 5.56 Å². The molecule has 0 aliphatic heterocycles. The van der Waals surface area contributed by atoms with Crippen molar-refractivity contribution in [1.29, 1.82) is 0 Å². The largest absolute Gasteiger partial charge is 0.389 e. The summed E-state index contributed by atoms with van der Waals surface area (Å²) in [6, 6.07) is 6.10. The number of nitrogens with two attached hydrogens (primary N) is 1. The van der Waals surface area contributed by atoms with Crippen molar-refractivity contribution in [3.63, 3.8) is 0 Å². The monoisotopic (exact) mass is 263 g/mol. The minimum absolute atomic E-state index is 0.240. The van der Waals surface area contributed by atoms with Crippen molar-refractivity contribution in [2.24, 2.45) is 5.73 Å². The van der Waals surface area contributed by atoms with Crippen LogP contribution in [0.5, 0.6) is 0 Å². The van der Waals surface area contributed by atoms with Gasteiger partial charge in [0.15, 0.2) is 0 Å². The van der Waals surface area contributed by atoms with Gasteiger partial charge in [-0.1, -0.05) is 12.2 Å². The van der Waals surface area contributed by atoms with Crippen molar-refractivity contribution in [1.82, 2.24) is 4.98 Å². The maximum atomic E-state index is 5.51. The number of thiocarbonyl (C=S) groups is 1. The first-order valence-electron chi connectivity index (χ1n) is 5.21. The summed E-state index contributed by atoms with van der Waals surface area (Å²) >= 11 is 6.57. The summed E-state index contributed by atoms with van der Waals surface area (Å²) in [5.41, 5.74) is 7.56. The van der Waals surface area contributed by atoms with Crippen molar-refractivity contribution in [2.45, 2.75) is 13.0 Å². The minimum Gasteiger partial charge on any atom is -0.389 e. The van der Waals surface area contributed by atoms with Gasteiger partial charge in [0, 0.05) is 11.8 Å². The molecule has 17 heavy (non-hydrogen) atoms. The van der Waals surface area contributed by atoms with E-state index in [1.807, 2.05) is 12.1 Å². The average Bonchev–Trinajstić information content (AvgIpc) is 2.83. The maximum Gasteiger partial charge on any atom is 0.126 e. The summed E-state index contributed by atoms with van der Waals surface area (Å²) in [5, 5.41) is 7.51. The molecule has 3 N–H and O–H groups in total. The molecule has 2 heterocycles. The highest BCUT2D eigenvalue weighted by Crippen LogP contribution is 2.19. The molecule has 0 spiro atoms. The SMILES string of the molecule is CC(Nc1ccc(C(N)=S)cn1)c1ccsc1. The molecule has 1 unspecified atom stereocenters. The molecule has 2 aromatic heterocycles. The van der Waals surface area contributed by atoms with Crippen molar-refractivity contribution in [3.8, 4) is 0 Å². The number of pyridine rings is 1. The second kappa shape index (κ2) is 5.25. The number of hydrogen-bond donors (Lipinski definition) is 2. The van der Waals surface area contributed by atoms with Crippen molar-refractivity contribution >= 4 is 34.4 Å². The number of anilines is 1. The molecule has 88 valence electrons. The molecule has 0 radical (unpaired) electrons. The Hall–Kier alpha value is -1.46. The lowest BCUT2D eigenvalue weighted by Crippen LogP contribution is -2.11. The van der Waals surface area contributed by atoms with Gasteiger partial charge in [-0.3, -0.25) is 0 Å². The fourth-order valence-electron chi connectivity index (χ4n) is 1.45. The summed E-state index contributed by atoms with van der Waals surface area (Å²) in [6.07, 6.45) is 1.69. The zero-order chi connectivity index (χ0) is 12.3. The Morgan fingerprint density at radius 1 is 1.47 bits per heavy atom. The summed E-state index contributed by atoms with van der Waals surface area (Å²) in [6.45, 7) is 2.10. The van der Waals surface area contributed by atoms with Crippen molar-refractivity contribution in [3.05, 3.63) is 46.3 Å². The van der Waals surface area contributed by atoms with Crippen LogP contribution < -0.4 is 11.1 Å². The Kier molecular flexibility index (Phi) is 3.71. The first-order valence-corrected chi connectivity index (χ1v) is 6.56. The maximum absolute atomic E-state index is 5.51. The molecule has 0 amide bonds. The average molecular weight is 263 g/mol. The fraction of sp³-hybridized carbons (Fsp3) is 0.167. The zero-order valence-electron chi connectivity index (χ0n) is 9.38. The number of aromatic nitrogens is 1. The van der Waals surface area contributed by atoms with Crippen LogP contribution in [0.4, 0.5) is 5.82 Å². The third kappa shape index (κ3) is 3.01. The number of nitrogens with zero attached hydrogens (tertiary/aromatic N) is 1. The van der Waals surface area contributed by atoms with Gasteiger partial charge in [-0.25, -0.2) is 4.98 Å². The van der Waals surface area contributed by atoms with Crippen LogP contribution in [0.3, 0.4) is 0 Å². The van der Waals surface area contributed by atoms with E-state index in [0.29, 0.717) is 4.99 Å². The molecule has 3 nitrogen and oxygen atoms in total. The molecule has 0 saturated heterocycles. The quantitative estimate of drug-likeness (QED) is 0.833. The zero-order valence-corrected chi connectivity index (χ0v) is 11.0. The second-order valence-corrected chi connectivity index (χ2v) is 4.94. The van der Waals surface area contributed by atoms with Gasteiger partial charge in [0.1, 0.15) is 10.8 Å². The van der Waals surface area contributed by atoms with E-state index >= 15 is 0 Å². The molecule has 2 aromatic rings. The van der Waals surface area contributed by atoms with Gasteiger partial charge in [0.2, 0.25) is 0 Å². The predicted octanol–water partition coefficient (Wildman–Crippen LogP) is 2.95. The van der Waals surface area contributed by atoms with Crippen LogP contribution in [0.25, 0.3) is 0 Å². The van der Waals surface area contributed by atoms with Gasteiger partial charge in [0.05, 0.1) is 6.04 Å². The van der Waals surface area contributed by atoms with E-state index in [0.717, 1.165) is 11.4 Å². The molecule has 5 heteroatoms. The summed E-state index contributed by atoms with van der Waals surface area (Å²) < 4.78 is 0. The molecule has 2 rings (SSSR count). The number of rotatable bonds is 4. The van der Waals surface area contributed by atoms with Crippen molar-refractivity contribution < 1.29 is 0 Å². The molecular formula is C12H13N3S2. The molecule has 1 atom stereocenters. The van der Waals surface area contributed by atoms with Crippen LogP contribution in [-0.2, 0) is 0 Å². The molecule has 0 fully saturated rings. The summed E-state index contributed by atoms with van der Waals surface area (Å²) in [5.74, 6) is 0.823. The van der Waals surface area contributed by atoms with E-state index < -0.39 is 0 Å². The predicted molar refractivity (Wildman–Crippen MR) is 76.5 cm³/mol. The van der Waals surface area contributed by atoms with Crippen molar-refractivity contribution in [2.75, 3.05) is 5.32 Å². The molecule has 0 bridgehead atoms. The van der Waals surface area contributed by atoms with E-state index in [1.54, 1.807) is 17.5 Å². The van der Waals surface area contributed by atoms with Crippen LogP contribution in [0.2, 0.25) is 0 Å². The fourth-order valence-corrected chi connectivity index (χ4v) is 2.33. The van der Waals surface area contributed by atoms with Crippen LogP contribution in [0.15, 0.2) is 35.2 Å². The molecule has 0 saturated carbocycles. The Bertz CT molecular complexity index is 491. The number of hydrogen-bond acceptors (Lipinski definition) is 4. The summed E-state index contributed by atoms with van der Waals surface area (Å²) in [4.78, 5) is 4.64. The van der Waals surface area contributed by atoms with Gasteiger partial charge < -0.3 is 11.1 Å². The van der Waals surface area contributed by atoms with Gasteiger partial charge in [0.25, 0.3) is 0 Å². The third-order valence-corrected chi connectivity index (χ3v) is 3.39. The number of nitrogens with one attached hydrogen (secondary N) is 1. The van der Waals surface area contributed by atoms with E-state index in [9.17, 15) is 0 Å². The molecule has 0 aromatic carbocycles. The highest BCUT2D eigenvalue weighted by atomic mass is 32.1. The lowest BCUT2D eigenvalue weighted by molar-refractivity contribution is 0.880. The molecule has 0 aliphatic rings. The topological polar surface area (TPSA) is 50.9 Å². The lowest BCUT2D eigenvalue weighted by atomic mass is 10.2. The standard InChI is InChI=1S/C12H13N3S2/c1-8(10-4-5-17-7-10)15-11-3-2-9(6-14-11)12(13)16/h2-8H,1H3,(H2,13,16)(H,14,15). The van der Waals surface area contributed by atoms with Crippen LogP contribution in [0.1, 0.15) is 24.1 Å². The Labute approximate surface area is 110 Å². The first kappa shape index (κ1) is 12.0. The molecular weight excluding hydrogens is 250 g/mol. The van der Waals surface area contributed by atoms with Gasteiger partial charge in [-0.05, 0) is 41.4 Å². The Morgan fingerprint density at radius 3 is 2.82 bits per heavy atom. The number of thiophene rings is 1. The smallest absolute Gasteiger partial charge is 0.126 e. The minimum atomic E-state index is 0.240. The van der Waals surface area contributed by atoms with Gasteiger partial charge >= 0.3 is 0 Å².